The number of carbonyl (C=O) groups excluding carboxylic acids is 4. The van der Waals surface area contributed by atoms with Gasteiger partial charge >= 0.3 is 23.7 Å². The zero-order valence-corrected chi connectivity index (χ0v) is 27.8. The normalized spacial score (nSPS) is 21.0. The van der Waals surface area contributed by atoms with Crippen molar-refractivity contribution in [3.63, 3.8) is 0 Å². The largest absolute Gasteiger partial charge is 0.480 e. The van der Waals surface area contributed by atoms with Crippen molar-refractivity contribution in [2.75, 3.05) is 13.7 Å². The number of methoxy groups -OCH3 is 1. The first-order valence-electron chi connectivity index (χ1n) is 15.6. The fraction of sp³-hybridized carbons (Fsp3) is 0.469. The van der Waals surface area contributed by atoms with Gasteiger partial charge in [0.05, 0.1) is 12.0 Å². The lowest BCUT2D eigenvalue weighted by Gasteiger charge is -2.38. The van der Waals surface area contributed by atoms with E-state index in [9.17, 15) is 54.5 Å². The molecule has 1 aliphatic heterocycles. The third-order valence-electron chi connectivity index (χ3n) is 7.49. The summed E-state index contributed by atoms with van der Waals surface area (Å²) < 4.78 is 20.1. The van der Waals surface area contributed by atoms with Crippen LogP contribution in [0, 0.1) is 16.0 Å². The molecular formula is C32H40N4O15. The Morgan fingerprint density at radius 2 is 1.63 bits per heavy atom. The number of alkyl carbamates (subject to hydrolysis) is 1. The molecule has 2 aromatic carbocycles. The second-order valence-electron chi connectivity index (χ2n) is 11.9. The number of amides is 3. The fourth-order valence-corrected chi connectivity index (χ4v) is 4.90. The van der Waals surface area contributed by atoms with Gasteiger partial charge in [0.15, 0.2) is 11.9 Å². The third-order valence-corrected chi connectivity index (χ3v) is 7.49. The lowest BCUT2D eigenvalue weighted by molar-refractivity contribution is -0.387. The fourth-order valence-electron chi connectivity index (χ4n) is 4.90. The molecule has 7 atom stereocenters. The van der Waals surface area contributed by atoms with Crippen LogP contribution in [0.15, 0.2) is 48.5 Å². The van der Waals surface area contributed by atoms with Crippen molar-refractivity contribution < 1.29 is 68.3 Å². The number of carbonyl (C=O) groups is 5. The molecule has 0 bridgehead atoms. The van der Waals surface area contributed by atoms with Crippen molar-refractivity contribution >= 4 is 35.5 Å². The minimum atomic E-state index is -1.92. The third kappa shape index (κ3) is 11.6. The van der Waals surface area contributed by atoms with Gasteiger partial charge in [-0.3, -0.25) is 19.7 Å². The van der Waals surface area contributed by atoms with E-state index < -0.39 is 102 Å². The molecule has 3 rings (SSSR count). The average molecular weight is 721 g/mol. The van der Waals surface area contributed by atoms with E-state index >= 15 is 0 Å². The van der Waals surface area contributed by atoms with Crippen molar-refractivity contribution in [2.24, 2.45) is 5.92 Å². The molecule has 0 aromatic heterocycles. The number of nitrogens with one attached hydrogen (secondary N) is 3. The lowest BCUT2D eigenvalue weighted by Crippen LogP contribution is -2.61. The Bertz CT molecular complexity index is 1560. The topological polar surface area (TPSA) is 282 Å². The van der Waals surface area contributed by atoms with Crippen molar-refractivity contribution in [1.82, 2.24) is 16.0 Å². The molecule has 19 nitrogen and oxygen atoms in total. The first-order valence-corrected chi connectivity index (χ1v) is 15.6. The molecule has 0 saturated carbocycles. The van der Waals surface area contributed by atoms with E-state index in [4.69, 9.17) is 14.2 Å². The zero-order valence-electron chi connectivity index (χ0n) is 27.8. The Hall–Kier alpha value is -5.37. The number of nitro benzene ring substituents is 1. The van der Waals surface area contributed by atoms with Crippen LogP contribution in [0.2, 0.25) is 0 Å². The molecule has 0 radical (unpaired) electrons. The van der Waals surface area contributed by atoms with Crippen molar-refractivity contribution in [3.8, 4) is 5.75 Å². The second-order valence-corrected chi connectivity index (χ2v) is 11.9. The standard InChI is InChI=1S/C32H40N4O15/c1-16(2)11-20(29(42)43)35-28(41)19(12-17-7-5-4-6-8-17)34-23(37)14-33-32(45)49-15-18-9-10-22(21(13-18)36(46)47)50-31-26(40)24(38)25(39)27(51-31)30(44)48-3/h4-10,13,16,19-20,24-27,31,38-40H,11-12,14-15H2,1-3H3,(H,33,45)(H,34,37)(H,35,41)(H,42,43)/t19-,20-,24-,25-,26+,27-,31+/m0/s1. The SMILES string of the molecule is COC(=O)[C@H]1O[C@@H](Oc2ccc(COC(=O)NCC(=O)N[C@@H](Cc3ccccc3)C(=O)N[C@@H](CC(C)C)C(=O)O)cc2[N+](=O)[O-])[C@H](O)[C@@H](O)[C@@H]1O. The van der Waals surface area contributed by atoms with E-state index in [1.54, 1.807) is 44.2 Å². The van der Waals surface area contributed by atoms with Gasteiger partial charge < -0.3 is 55.3 Å². The van der Waals surface area contributed by atoms with E-state index in [1.807, 2.05) is 0 Å². The number of carboxylic acid groups (broad SMARTS) is 1. The molecule has 278 valence electrons. The molecule has 0 aliphatic carbocycles. The zero-order chi connectivity index (χ0) is 37.8. The number of rotatable bonds is 16. The number of benzene rings is 2. The highest BCUT2D eigenvalue weighted by Crippen LogP contribution is 2.32. The number of nitro groups is 1. The van der Waals surface area contributed by atoms with E-state index in [1.165, 1.54) is 6.07 Å². The number of hydrogen-bond acceptors (Lipinski definition) is 14. The van der Waals surface area contributed by atoms with Gasteiger partial charge in [0, 0.05) is 12.5 Å². The maximum absolute atomic E-state index is 13.1. The Labute approximate surface area is 291 Å². The molecule has 3 amide bonds. The molecule has 0 spiro atoms. The summed E-state index contributed by atoms with van der Waals surface area (Å²) >= 11 is 0. The van der Waals surface area contributed by atoms with Crippen LogP contribution < -0.4 is 20.7 Å². The molecule has 19 heteroatoms. The van der Waals surface area contributed by atoms with Crippen molar-refractivity contribution in [1.29, 1.82) is 0 Å². The minimum absolute atomic E-state index is 0.0234. The van der Waals surface area contributed by atoms with Crippen molar-refractivity contribution in [2.45, 2.75) is 76.1 Å². The number of esters is 1. The van der Waals surface area contributed by atoms with E-state index in [0.717, 1.165) is 19.2 Å². The van der Waals surface area contributed by atoms with E-state index in [-0.39, 0.29) is 24.3 Å². The lowest BCUT2D eigenvalue weighted by atomic mass is 9.99. The van der Waals surface area contributed by atoms with E-state index in [0.29, 0.717) is 5.56 Å². The monoisotopic (exact) mass is 720 g/mol. The van der Waals surface area contributed by atoms with Gasteiger partial charge in [-0.25, -0.2) is 14.4 Å². The molecule has 7 N–H and O–H groups in total. The molecule has 1 heterocycles. The highest BCUT2D eigenvalue weighted by molar-refractivity contribution is 5.91. The van der Waals surface area contributed by atoms with Crippen LogP contribution in [0.5, 0.6) is 5.75 Å². The first kappa shape index (κ1) is 40.1. The average Bonchev–Trinajstić information content (AvgIpc) is 3.09. The number of aliphatic carboxylic acids is 1. The summed E-state index contributed by atoms with van der Waals surface area (Å²) in [6.07, 6.45) is -10.2. The highest BCUT2D eigenvalue weighted by atomic mass is 16.7. The Balaban J connectivity index is 1.60. The molecule has 2 aromatic rings. The summed E-state index contributed by atoms with van der Waals surface area (Å²) in [5.41, 5.74) is 0.0922. The highest BCUT2D eigenvalue weighted by Gasteiger charge is 2.49. The molecule has 0 unspecified atom stereocenters. The molecular weight excluding hydrogens is 680 g/mol. The summed E-state index contributed by atoms with van der Waals surface area (Å²) in [6, 6.07) is 9.60. The second kappa shape index (κ2) is 18.6. The van der Waals surface area contributed by atoms with Gasteiger partial charge in [0.1, 0.15) is 43.5 Å². The summed E-state index contributed by atoms with van der Waals surface area (Å²) in [7, 11) is 0.991. The van der Waals surface area contributed by atoms with Gasteiger partial charge in [0.2, 0.25) is 18.1 Å². The minimum Gasteiger partial charge on any atom is -0.480 e. The van der Waals surface area contributed by atoms with Gasteiger partial charge in [-0.05, 0) is 29.5 Å². The number of carboxylic acids is 1. The van der Waals surface area contributed by atoms with Gasteiger partial charge in [-0.1, -0.05) is 50.2 Å². The van der Waals surface area contributed by atoms with Gasteiger partial charge in [-0.2, -0.15) is 0 Å². The quantitative estimate of drug-likeness (QED) is 0.0655. The Kier molecular flexibility index (Phi) is 14.6. The maximum Gasteiger partial charge on any atom is 0.407 e. The maximum atomic E-state index is 13.1. The first-order chi connectivity index (χ1) is 24.1. The summed E-state index contributed by atoms with van der Waals surface area (Å²) in [4.78, 5) is 72.7. The van der Waals surface area contributed by atoms with Crippen LogP contribution in [-0.4, -0.2) is 112 Å². The van der Waals surface area contributed by atoms with Crippen molar-refractivity contribution in [3.05, 3.63) is 69.8 Å². The number of nitrogens with zero attached hydrogens (tertiary/aromatic N) is 1. The Morgan fingerprint density at radius 3 is 2.24 bits per heavy atom. The predicted molar refractivity (Wildman–Crippen MR) is 172 cm³/mol. The Morgan fingerprint density at radius 1 is 0.941 bits per heavy atom. The molecule has 1 fully saturated rings. The molecule has 1 saturated heterocycles. The van der Waals surface area contributed by atoms with Crippen LogP contribution in [0.25, 0.3) is 0 Å². The summed E-state index contributed by atoms with van der Waals surface area (Å²) in [5, 5.41) is 58.9. The van der Waals surface area contributed by atoms with Gasteiger partial charge in [0.25, 0.3) is 0 Å². The van der Waals surface area contributed by atoms with Crippen LogP contribution in [0.4, 0.5) is 10.5 Å². The van der Waals surface area contributed by atoms with Crippen LogP contribution >= 0.6 is 0 Å². The number of aliphatic hydroxyl groups excluding tert-OH is 3. The van der Waals surface area contributed by atoms with Crippen LogP contribution in [0.3, 0.4) is 0 Å². The number of ether oxygens (including phenoxy) is 4. The predicted octanol–water partition coefficient (Wildman–Crippen LogP) is -0.477. The molecule has 1 aliphatic rings. The van der Waals surface area contributed by atoms with Crippen LogP contribution in [-0.2, 0) is 46.4 Å². The van der Waals surface area contributed by atoms with Crippen LogP contribution in [0.1, 0.15) is 31.4 Å². The summed E-state index contributed by atoms with van der Waals surface area (Å²) in [6.45, 7) is 2.43. The number of hydrogen-bond donors (Lipinski definition) is 7. The number of aliphatic hydroxyl groups is 3. The van der Waals surface area contributed by atoms with Gasteiger partial charge in [-0.15, -0.1) is 0 Å². The smallest absolute Gasteiger partial charge is 0.407 e. The molecule has 51 heavy (non-hydrogen) atoms. The van der Waals surface area contributed by atoms with E-state index in [2.05, 4.69) is 20.7 Å². The summed E-state index contributed by atoms with van der Waals surface area (Å²) in [5.74, 6) is -4.37.